The number of likely N-dealkylation sites (N-methyl/N-ethyl adjacent to an activating group) is 1. The third-order valence-corrected chi connectivity index (χ3v) is 4.46. The maximum absolute atomic E-state index is 11.5. The van der Waals surface area contributed by atoms with Crippen molar-refractivity contribution in [2.24, 2.45) is 5.73 Å². The molecule has 31 heavy (non-hydrogen) atoms. The van der Waals surface area contributed by atoms with E-state index < -0.39 is 36.0 Å². The summed E-state index contributed by atoms with van der Waals surface area (Å²) in [5.41, 5.74) is 5.47. The number of ether oxygens (including phenoxy) is 1. The zero-order chi connectivity index (χ0) is 23.4. The molecule has 0 aliphatic rings. The number of carbonyl (C=O) groups is 4. The molecule has 0 heterocycles. The van der Waals surface area contributed by atoms with Crippen LogP contribution in [0.3, 0.4) is 0 Å². The van der Waals surface area contributed by atoms with Gasteiger partial charge < -0.3 is 30.8 Å². The summed E-state index contributed by atoms with van der Waals surface area (Å²) in [5, 5.41) is 20.8. The third kappa shape index (κ3) is 25.1. The van der Waals surface area contributed by atoms with E-state index in [1.54, 1.807) is 7.05 Å². The number of carbonyl (C=O) groups excluding carboxylic acids is 3. The number of nitrogens with two attached hydrogens (primary N) is 1. The first-order valence-corrected chi connectivity index (χ1v) is 10.8. The first-order valence-electron chi connectivity index (χ1n) is 10.8. The summed E-state index contributed by atoms with van der Waals surface area (Å²) < 4.78 is 4.62. The molecular formula is C21H39N2NaO7. The van der Waals surface area contributed by atoms with E-state index >= 15 is 0 Å². The number of hydrogen-bond acceptors (Lipinski definition) is 8. The van der Waals surface area contributed by atoms with Gasteiger partial charge in [-0.1, -0.05) is 58.3 Å². The van der Waals surface area contributed by atoms with Gasteiger partial charge in [0.15, 0.2) is 0 Å². The molecular weight excluding hydrogens is 415 g/mol. The molecule has 0 saturated heterocycles. The van der Waals surface area contributed by atoms with Gasteiger partial charge in [0.2, 0.25) is 0 Å². The summed E-state index contributed by atoms with van der Waals surface area (Å²) in [6, 6.07) is -1.60. The van der Waals surface area contributed by atoms with E-state index in [1.165, 1.54) is 45.4 Å². The van der Waals surface area contributed by atoms with E-state index in [0.717, 1.165) is 12.8 Å². The molecule has 0 rings (SSSR count). The summed E-state index contributed by atoms with van der Waals surface area (Å²) in [6.07, 6.45) is 10.2. The van der Waals surface area contributed by atoms with Crippen LogP contribution in [0.4, 0.5) is 0 Å². The fourth-order valence-electron chi connectivity index (χ4n) is 2.33. The summed E-state index contributed by atoms with van der Waals surface area (Å²) in [4.78, 5) is 43.1. The maximum atomic E-state index is 11.5. The van der Waals surface area contributed by atoms with E-state index in [1.807, 2.05) is 0 Å². The predicted molar refractivity (Wildman–Crippen MR) is 111 cm³/mol. The Labute approximate surface area is 208 Å². The average molecular weight is 455 g/mol. The molecule has 176 valence electrons. The van der Waals surface area contributed by atoms with Crippen molar-refractivity contribution in [1.82, 2.24) is 5.32 Å². The van der Waals surface area contributed by atoms with Crippen LogP contribution in [0.15, 0.2) is 0 Å². The molecule has 0 aliphatic carbocycles. The Hall–Kier alpha value is -1.00. The van der Waals surface area contributed by atoms with E-state index in [9.17, 15) is 24.3 Å². The van der Waals surface area contributed by atoms with Gasteiger partial charge in [0.25, 0.3) is 0 Å². The Kier molecular flexibility index (Phi) is 26.4. The summed E-state index contributed by atoms with van der Waals surface area (Å²) in [7, 11) is 1.57. The number of rotatable bonds is 16. The van der Waals surface area contributed by atoms with Gasteiger partial charge in [0.1, 0.15) is 6.04 Å². The molecule has 0 spiro atoms. The zero-order valence-corrected chi connectivity index (χ0v) is 21.6. The fourth-order valence-corrected chi connectivity index (χ4v) is 2.33. The Balaban J connectivity index is -0.000000840. The van der Waals surface area contributed by atoms with Crippen molar-refractivity contribution in [1.29, 1.82) is 0 Å². The van der Waals surface area contributed by atoms with Crippen molar-refractivity contribution in [3.8, 4) is 0 Å². The van der Waals surface area contributed by atoms with Gasteiger partial charge in [-0.2, -0.15) is 0 Å². The van der Waals surface area contributed by atoms with Gasteiger partial charge in [-0.25, -0.2) is 4.79 Å². The number of unbranched alkanes of at least 4 members (excludes halogenated alkanes) is 8. The van der Waals surface area contributed by atoms with Crippen LogP contribution in [0.25, 0.3) is 0 Å². The first kappa shape index (κ1) is 34.6. The van der Waals surface area contributed by atoms with Crippen molar-refractivity contribution in [3.63, 3.8) is 0 Å². The largest absolute Gasteiger partial charge is 1.00 e. The zero-order valence-electron chi connectivity index (χ0n) is 19.6. The molecule has 0 fully saturated rings. The molecule has 0 aliphatic heterocycles. The minimum atomic E-state index is -1.07. The predicted octanol–water partition coefficient (Wildman–Crippen LogP) is -1.48. The van der Waals surface area contributed by atoms with Gasteiger partial charge in [0, 0.05) is 18.9 Å². The monoisotopic (exact) mass is 454 g/mol. The third-order valence-electron chi connectivity index (χ3n) is 4.46. The van der Waals surface area contributed by atoms with Gasteiger partial charge in [0.05, 0.1) is 5.97 Å². The van der Waals surface area contributed by atoms with Gasteiger partial charge in [-0.15, -0.1) is 0 Å². The van der Waals surface area contributed by atoms with Crippen molar-refractivity contribution in [2.45, 2.75) is 103 Å². The van der Waals surface area contributed by atoms with Crippen molar-refractivity contribution in [3.05, 3.63) is 0 Å². The van der Waals surface area contributed by atoms with Crippen LogP contribution >= 0.6 is 0 Å². The van der Waals surface area contributed by atoms with Crippen LogP contribution < -0.4 is 45.7 Å². The van der Waals surface area contributed by atoms with Gasteiger partial charge in [-0.05, 0) is 26.8 Å². The minimum Gasteiger partial charge on any atom is -0.548 e. The second-order valence-electron chi connectivity index (χ2n) is 7.24. The molecule has 0 aromatic carbocycles. The van der Waals surface area contributed by atoms with Crippen LogP contribution in [0.1, 0.15) is 90.9 Å². The molecule has 0 saturated carbocycles. The first-order chi connectivity index (χ1) is 14.1. The Morgan fingerprint density at radius 2 is 1.45 bits per heavy atom. The standard InChI is InChI=1S/C17H31NO5.C4H9NO2.Na/c1-2-3-4-5-6-7-8-9-10-11-16(21)23-17(22)14(18)12-13-15(19)20;1-3(5-2)4(6)7;/h14H,2-13,18H2,1H3,(H,19,20);3,5H,1-2H3,(H,6,7);/q;;+1/p-1/t14-;3-;/m00./s1. The Bertz CT molecular complexity index is 504. The number of nitrogens with one attached hydrogen (secondary N) is 1. The van der Waals surface area contributed by atoms with Gasteiger partial charge in [-0.3, -0.25) is 9.59 Å². The Morgan fingerprint density at radius 1 is 0.968 bits per heavy atom. The summed E-state index contributed by atoms with van der Waals surface area (Å²) in [6.45, 7) is 3.72. The van der Waals surface area contributed by atoms with Crippen LogP contribution in [0.2, 0.25) is 0 Å². The Morgan fingerprint density at radius 3 is 1.84 bits per heavy atom. The molecule has 2 atom stereocenters. The number of aliphatic carboxylic acids is 2. The van der Waals surface area contributed by atoms with Crippen molar-refractivity contribution < 1.29 is 63.7 Å². The molecule has 0 radical (unpaired) electrons. The SMILES string of the molecule is CCCCCCCCCCCC(=O)OC(=O)[C@@H](N)CCC(=O)O.CN[C@@H](C)C(=O)[O-].[Na+]. The second kappa shape index (κ2) is 23.7. The molecule has 4 N–H and O–H groups in total. The summed E-state index contributed by atoms with van der Waals surface area (Å²) >= 11 is 0. The van der Waals surface area contributed by atoms with Gasteiger partial charge >= 0.3 is 47.5 Å². The van der Waals surface area contributed by atoms with E-state index in [2.05, 4.69) is 17.0 Å². The quantitative estimate of drug-likeness (QED) is 0.109. The topological polar surface area (TPSA) is 159 Å². The molecule has 0 aromatic rings. The number of hydrogen-bond donors (Lipinski definition) is 3. The minimum absolute atomic E-state index is 0. The molecule has 0 amide bonds. The molecule has 10 heteroatoms. The number of esters is 2. The van der Waals surface area contributed by atoms with Crippen molar-refractivity contribution in [2.75, 3.05) is 7.05 Å². The van der Waals surface area contributed by atoms with Crippen LogP contribution in [0, 0.1) is 0 Å². The number of carboxylic acid groups (broad SMARTS) is 2. The van der Waals surface area contributed by atoms with E-state index in [-0.39, 0.29) is 48.8 Å². The van der Waals surface area contributed by atoms with E-state index in [4.69, 9.17) is 10.8 Å². The molecule has 0 bridgehead atoms. The fraction of sp³-hybridized carbons (Fsp3) is 0.810. The molecule has 0 unspecified atom stereocenters. The summed E-state index contributed by atoms with van der Waals surface area (Å²) in [5.74, 6) is -3.52. The van der Waals surface area contributed by atoms with Crippen LogP contribution in [-0.2, 0) is 23.9 Å². The molecule has 9 nitrogen and oxygen atoms in total. The smallest absolute Gasteiger partial charge is 0.548 e. The van der Waals surface area contributed by atoms with Crippen molar-refractivity contribution >= 4 is 23.9 Å². The average Bonchev–Trinajstić information content (AvgIpc) is 2.70. The number of carboxylic acids is 2. The second-order valence-corrected chi connectivity index (χ2v) is 7.24. The molecule has 0 aromatic heterocycles. The van der Waals surface area contributed by atoms with E-state index in [0.29, 0.717) is 6.42 Å². The maximum Gasteiger partial charge on any atom is 1.00 e. The van der Waals surface area contributed by atoms with Crippen LogP contribution in [-0.4, -0.2) is 48.1 Å². The normalized spacial score (nSPS) is 11.9. The van der Waals surface area contributed by atoms with Crippen LogP contribution in [0.5, 0.6) is 0 Å².